The molecule has 0 saturated carbocycles. The molecule has 1 atom stereocenters. The Hall–Kier alpha value is -1.84. The highest BCUT2D eigenvalue weighted by molar-refractivity contribution is 6.35. The quantitative estimate of drug-likeness (QED) is 0.769. The van der Waals surface area contributed by atoms with Crippen LogP contribution < -0.4 is 10.6 Å². The second-order valence-corrected chi connectivity index (χ2v) is 3.95. The fraction of sp³-hybridized carbons (Fsp3) is 0.385. The molecule has 1 aromatic carbocycles. The zero-order valence-corrected chi connectivity index (χ0v) is 10.2. The molecule has 0 unspecified atom stereocenters. The topological polar surface area (TPSA) is 58.2 Å². The first kappa shape index (κ1) is 13.2. The number of rotatable bonds is 4. The van der Waals surface area contributed by atoms with Crippen molar-refractivity contribution >= 4 is 11.8 Å². The van der Waals surface area contributed by atoms with Gasteiger partial charge in [0.1, 0.15) is 0 Å². The first-order chi connectivity index (χ1) is 8.13. The second-order valence-electron chi connectivity index (χ2n) is 3.95. The molecular formula is C13H18N2O2. The van der Waals surface area contributed by atoms with Gasteiger partial charge in [-0.2, -0.15) is 0 Å². The summed E-state index contributed by atoms with van der Waals surface area (Å²) in [5.41, 5.74) is 0.970. The minimum Gasteiger partial charge on any atom is -0.345 e. The molecular weight excluding hydrogens is 216 g/mol. The van der Waals surface area contributed by atoms with E-state index in [0.29, 0.717) is 6.54 Å². The van der Waals surface area contributed by atoms with Crippen molar-refractivity contribution in [1.29, 1.82) is 0 Å². The molecule has 92 valence electrons. The van der Waals surface area contributed by atoms with E-state index in [9.17, 15) is 9.59 Å². The molecule has 0 saturated heterocycles. The maximum Gasteiger partial charge on any atom is 0.309 e. The summed E-state index contributed by atoms with van der Waals surface area (Å²) in [5.74, 6) is -1.16. The second kappa shape index (κ2) is 6.68. The Morgan fingerprint density at radius 3 is 2.41 bits per heavy atom. The van der Waals surface area contributed by atoms with Gasteiger partial charge in [0.05, 0.1) is 0 Å². The average Bonchev–Trinajstić information content (AvgIpc) is 2.36. The van der Waals surface area contributed by atoms with E-state index in [1.165, 1.54) is 0 Å². The number of hydrogen-bond acceptors (Lipinski definition) is 2. The predicted octanol–water partition coefficient (Wildman–Crippen LogP) is 1.22. The number of amides is 2. The Bertz CT molecular complexity index is 376. The van der Waals surface area contributed by atoms with E-state index in [-0.39, 0.29) is 6.04 Å². The lowest BCUT2D eigenvalue weighted by molar-refractivity contribution is -0.139. The van der Waals surface area contributed by atoms with Gasteiger partial charge in [-0.3, -0.25) is 9.59 Å². The maximum absolute atomic E-state index is 11.4. The lowest BCUT2D eigenvalue weighted by atomic mass is 10.2. The van der Waals surface area contributed by atoms with Gasteiger partial charge >= 0.3 is 11.8 Å². The normalized spacial score (nSPS) is 11.6. The summed E-state index contributed by atoms with van der Waals surface area (Å²) in [5, 5.41) is 5.19. The molecule has 0 radical (unpaired) electrons. The Labute approximate surface area is 101 Å². The van der Waals surface area contributed by atoms with Crippen LogP contribution in [0.25, 0.3) is 0 Å². The van der Waals surface area contributed by atoms with Crippen molar-refractivity contribution in [3.05, 3.63) is 35.9 Å². The predicted molar refractivity (Wildman–Crippen MR) is 66.2 cm³/mol. The van der Waals surface area contributed by atoms with Crippen LogP contribution in [-0.2, 0) is 16.1 Å². The van der Waals surface area contributed by atoms with Gasteiger partial charge in [-0.1, -0.05) is 37.3 Å². The number of carbonyl (C=O) groups is 2. The molecule has 0 aliphatic heterocycles. The summed E-state index contributed by atoms with van der Waals surface area (Å²) in [6.45, 7) is 4.18. The minimum atomic E-state index is -0.589. The van der Waals surface area contributed by atoms with Gasteiger partial charge in [0, 0.05) is 12.6 Å². The lowest BCUT2D eigenvalue weighted by Gasteiger charge is -2.11. The largest absolute Gasteiger partial charge is 0.345 e. The SMILES string of the molecule is CC[C@@H](C)NC(=O)C(=O)NCc1ccccc1. The molecule has 4 heteroatoms. The highest BCUT2D eigenvalue weighted by Crippen LogP contribution is 1.97. The summed E-state index contributed by atoms with van der Waals surface area (Å²) < 4.78 is 0. The molecule has 2 N–H and O–H groups in total. The number of carbonyl (C=O) groups excluding carboxylic acids is 2. The summed E-state index contributed by atoms with van der Waals surface area (Å²) in [7, 11) is 0. The van der Waals surface area contributed by atoms with E-state index in [1.807, 2.05) is 44.2 Å². The molecule has 0 spiro atoms. The standard InChI is InChI=1S/C13H18N2O2/c1-3-10(2)15-13(17)12(16)14-9-11-7-5-4-6-8-11/h4-8,10H,3,9H2,1-2H3,(H,14,16)(H,15,17)/t10-/m1/s1. The van der Waals surface area contributed by atoms with Gasteiger partial charge in [-0.25, -0.2) is 0 Å². The third kappa shape index (κ3) is 4.68. The van der Waals surface area contributed by atoms with Gasteiger partial charge in [0.15, 0.2) is 0 Å². The number of benzene rings is 1. The van der Waals surface area contributed by atoms with Gasteiger partial charge < -0.3 is 10.6 Å². The summed E-state index contributed by atoms with van der Waals surface area (Å²) >= 11 is 0. The summed E-state index contributed by atoms with van der Waals surface area (Å²) in [6, 6.07) is 9.49. The molecule has 0 aliphatic carbocycles. The molecule has 0 fully saturated rings. The van der Waals surface area contributed by atoms with Gasteiger partial charge in [-0.15, -0.1) is 0 Å². The highest BCUT2D eigenvalue weighted by Gasteiger charge is 2.14. The van der Waals surface area contributed by atoms with E-state index in [0.717, 1.165) is 12.0 Å². The maximum atomic E-state index is 11.4. The fourth-order valence-electron chi connectivity index (χ4n) is 1.25. The van der Waals surface area contributed by atoms with Gasteiger partial charge in [0.2, 0.25) is 0 Å². The molecule has 17 heavy (non-hydrogen) atoms. The summed E-state index contributed by atoms with van der Waals surface area (Å²) in [4.78, 5) is 22.9. The van der Waals surface area contributed by atoms with Crippen LogP contribution in [0.1, 0.15) is 25.8 Å². The number of nitrogens with one attached hydrogen (secondary N) is 2. The van der Waals surface area contributed by atoms with Gasteiger partial charge in [0.25, 0.3) is 0 Å². The van der Waals surface area contributed by atoms with Crippen molar-refractivity contribution in [2.45, 2.75) is 32.9 Å². The number of hydrogen-bond donors (Lipinski definition) is 2. The highest BCUT2D eigenvalue weighted by atomic mass is 16.2. The van der Waals surface area contributed by atoms with Crippen LogP contribution in [0.3, 0.4) is 0 Å². The first-order valence-electron chi connectivity index (χ1n) is 5.76. The third-order valence-corrected chi connectivity index (χ3v) is 2.49. The van der Waals surface area contributed by atoms with Crippen molar-refractivity contribution in [3.8, 4) is 0 Å². The van der Waals surface area contributed by atoms with Crippen LogP contribution in [0.5, 0.6) is 0 Å². The van der Waals surface area contributed by atoms with Crippen LogP contribution >= 0.6 is 0 Å². The molecule has 0 aromatic heterocycles. The van der Waals surface area contributed by atoms with E-state index in [4.69, 9.17) is 0 Å². The van der Waals surface area contributed by atoms with E-state index < -0.39 is 11.8 Å². The van der Waals surface area contributed by atoms with Crippen molar-refractivity contribution in [1.82, 2.24) is 10.6 Å². The van der Waals surface area contributed by atoms with Gasteiger partial charge in [-0.05, 0) is 18.9 Å². The van der Waals surface area contributed by atoms with E-state index in [2.05, 4.69) is 10.6 Å². The van der Waals surface area contributed by atoms with Crippen LogP contribution in [0.15, 0.2) is 30.3 Å². The van der Waals surface area contributed by atoms with Crippen LogP contribution in [0.4, 0.5) is 0 Å². The fourth-order valence-corrected chi connectivity index (χ4v) is 1.25. The average molecular weight is 234 g/mol. The molecule has 1 rings (SSSR count). The molecule has 4 nitrogen and oxygen atoms in total. The zero-order chi connectivity index (χ0) is 12.7. The molecule has 0 aliphatic rings. The Morgan fingerprint density at radius 1 is 1.18 bits per heavy atom. The van der Waals surface area contributed by atoms with Crippen molar-refractivity contribution < 1.29 is 9.59 Å². The molecule has 1 aromatic rings. The van der Waals surface area contributed by atoms with Crippen molar-refractivity contribution in [3.63, 3.8) is 0 Å². The van der Waals surface area contributed by atoms with Crippen LogP contribution in [0.2, 0.25) is 0 Å². The van der Waals surface area contributed by atoms with Crippen LogP contribution in [0, 0.1) is 0 Å². The van der Waals surface area contributed by atoms with Crippen molar-refractivity contribution in [2.75, 3.05) is 0 Å². The summed E-state index contributed by atoms with van der Waals surface area (Å²) in [6.07, 6.45) is 0.803. The Kier molecular flexibility index (Phi) is 5.20. The molecule has 0 heterocycles. The molecule has 2 amide bonds. The van der Waals surface area contributed by atoms with E-state index >= 15 is 0 Å². The molecule has 0 bridgehead atoms. The third-order valence-electron chi connectivity index (χ3n) is 2.49. The minimum absolute atomic E-state index is 0.0185. The van der Waals surface area contributed by atoms with E-state index in [1.54, 1.807) is 0 Å². The zero-order valence-electron chi connectivity index (χ0n) is 10.2. The Morgan fingerprint density at radius 2 is 1.82 bits per heavy atom. The lowest BCUT2D eigenvalue weighted by Crippen LogP contribution is -2.43. The monoisotopic (exact) mass is 234 g/mol. The van der Waals surface area contributed by atoms with Crippen molar-refractivity contribution in [2.24, 2.45) is 0 Å². The first-order valence-corrected chi connectivity index (χ1v) is 5.76. The van der Waals surface area contributed by atoms with Crippen LogP contribution in [-0.4, -0.2) is 17.9 Å². The smallest absolute Gasteiger partial charge is 0.309 e. The Balaban J connectivity index is 2.37.